The van der Waals surface area contributed by atoms with Gasteiger partial charge in [-0.15, -0.1) is 10.2 Å². The lowest BCUT2D eigenvalue weighted by molar-refractivity contribution is 0.00400. The van der Waals surface area contributed by atoms with E-state index in [1.165, 1.54) is 0 Å². The van der Waals surface area contributed by atoms with Crippen LogP contribution in [-0.4, -0.2) is 42.9 Å². The lowest BCUT2D eigenvalue weighted by atomic mass is 10.1. The van der Waals surface area contributed by atoms with Crippen molar-refractivity contribution >= 4 is 6.29 Å². The quantitative estimate of drug-likeness (QED) is 0.790. The maximum absolute atomic E-state index is 10.7. The van der Waals surface area contributed by atoms with Crippen LogP contribution in [0.15, 0.2) is 30.3 Å². The maximum atomic E-state index is 10.7. The Morgan fingerprint density at radius 2 is 2.09 bits per heavy atom. The fourth-order valence-electron chi connectivity index (χ4n) is 2.43. The van der Waals surface area contributed by atoms with Crippen molar-refractivity contribution in [2.24, 2.45) is 0 Å². The summed E-state index contributed by atoms with van der Waals surface area (Å²) < 4.78 is 16.6. The van der Waals surface area contributed by atoms with Crippen molar-refractivity contribution in [3.8, 4) is 22.9 Å². The summed E-state index contributed by atoms with van der Waals surface area (Å²) >= 11 is 0. The molecule has 0 amide bonds. The highest BCUT2D eigenvalue weighted by Crippen LogP contribution is 2.29. The van der Waals surface area contributed by atoms with Crippen molar-refractivity contribution in [2.75, 3.05) is 20.3 Å². The van der Waals surface area contributed by atoms with Crippen LogP contribution < -0.4 is 9.47 Å². The van der Waals surface area contributed by atoms with Crippen molar-refractivity contribution in [3.05, 3.63) is 35.9 Å². The Morgan fingerprint density at radius 1 is 1.26 bits per heavy atom. The van der Waals surface area contributed by atoms with Crippen LogP contribution in [0.3, 0.4) is 0 Å². The van der Waals surface area contributed by atoms with Crippen LogP contribution in [0.5, 0.6) is 11.6 Å². The Balaban J connectivity index is 1.81. The first kappa shape index (κ1) is 15.4. The van der Waals surface area contributed by atoms with Crippen molar-refractivity contribution in [1.82, 2.24) is 10.2 Å². The van der Waals surface area contributed by atoms with E-state index in [2.05, 4.69) is 10.2 Å². The SMILES string of the molecule is COc1cc(-c2ccc(C=O)cc2)nnc1O[C@H]1CCCOC1. The molecule has 2 heterocycles. The van der Waals surface area contributed by atoms with E-state index in [1.54, 1.807) is 25.3 Å². The molecule has 120 valence electrons. The van der Waals surface area contributed by atoms with Crippen LogP contribution in [-0.2, 0) is 4.74 Å². The Morgan fingerprint density at radius 3 is 2.74 bits per heavy atom. The van der Waals surface area contributed by atoms with E-state index in [0.29, 0.717) is 29.5 Å². The van der Waals surface area contributed by atoms with E-state index < -0.39 is 0 Å². The second kappa shape index (κ2) is 7.19. The molecule has 1 fully saturated rings. The summed E-state index contributed by atoms with van der Waals surface area (Å²) in [4.78, 5) is 10.7. The molecular weight excluding hydrogens is 296 g/mol. The Hall–Kier alpha value is -2.47. The van der Waals surface area contributed by atoms with Gasteiger partial charge in [-0.05, 0) is 12.8 Å². The first-order valence-corrected chi connectivity index (χ1v) is 7.52. The van der Waals surface area contributed by atoms with Crippen LogP contribution >= 0.6 is 0 Å². The summed E-state index contributed by atoms with van der Waals surface area (Å²) in [6.45, 7) is 1.33. The highest BCUT2D eigenvalue weighted by molar-refractivity contribution is 5.76. The van der Waals surface area contributed by atoms with Crippen LogP contribution in [0.1, 0.15) is 23.2 Å². The third kappa shape index (κ3) is 3.65. The monoisotopic (exact) mass is 314 g/mol. The van der Waals surface area contributed by atoms with Crippen molar-refractivity contribution in [1.29, 1.82) is 0 Å². The van der Waals surface area contributed by atoms with Crippen molar-refractivity contribution < 1.29 is 19.0 Å². The zero-order chi connectivity index (χ0) is 16.1. The fourth-order valence-corrected chi connectivity index (χ4v) is 2.43. The van der Waals surface area contributed by atoms with Gasteiger partial charge in [0, 0.05) is 23.8 Å². The third-order valence-corrected chi connectivity index (χ3v) is 3.69. The van der Waals surface area contributed by atoms with Gasteiger partial charge in [0.1, 0.15) is 12.4 Å². The van der Waals surface area contributed by atoms with Crippen LogP contribution in [0.4, 0.5) is 0 Å². The summed E-state index contributed by atoms with van der Waals surface area (Å²) in [5.74, 6) is 0.899. The number of benzene rings is 1. The van der Waals surface area contributed by atoms with E-state index in [1.807, 2.05) is 12.1 Å². The molecule has 1 saturated heterocycles. The zero-order valence-electron chi connectivity index (χ0n) is 12.9. The molecular formula is C17H18N2O4. The summed E-state index contributed by atoms with van der Waals surface area (Å²) in [7, 11) is 1.57. The average Bonchev–Trinajstić information content (AvgIpc) is 2.63. The molecule has 1 aromatic heterocycles. The molecule has 1 aliphatic rings. The van der Waals surface area contributed by atoms with E-state index in [9.17, 15) is 4.79 Å². The molecule has 3 rings (SSSR count). The predicted molar refractivity (Wildman–Crippen MR) is 83.9 cm³/mol. The first-order chi connectivity index (χ1) is 11.3. The van der Waals surface area contributed by atoms with E-state index >= 15 is 0 Å². The molecule has 1 aliphatic heterocycles. The topological polar surface area (TPSA) is 70.5 Å². The fraction of sp³-hybridized carbons (Fsp3) is 0.353. The van der Waals surface area contributed by atoms with E-state index in [4.69, 9.17) is 14.2 Å². The number of nitrogens with zero attached hydrogens (tertiary/aromatic N) is 2. The van der Waals surface area contributed by atoms with Crippen LogP contribution in [0.2, 0.25) is 0 Å². The van der Waals surface area contributed by atoms with Gasteiger partial charge in [-0.25, -0.2) is 0 Å². The molecule has 0 unspecified atom stereocenters. The minimum absolute atomic E-state index is 0.0234. The normalized spacial score (nSPS) is 17.5. The molecule has 0 radical (unpaired) electrons. The summed E-state index contributed by atoms with van der Waals surface area (Å²) in [6.07, 6.45) is 2.69. The van der Waals surface area contributed by atoms with Gasteiger partial charge < -0.3 is 14.2 Å². The molecule has 6 heteroatoms. The van der Waals surface area contributed by atoms with Crippen molar-refractivity contribution in [2.45, 2.75) is 18.9 Å². The lowest BCUT2D eigenvalue weighted by Gasteiger charge is -2.23. The number of carbonyl (C=O) groups excluding carboxylic acids is 1. The number of carbonyl (C=O) groups is 1. The van der Waals surface area contributed by atoms with Gasteiger partial charge in [-0.1, -0.05) is 24.3 Å². The number of aromatic nitrogens is 2. The molecule has 0 bridgehead atoms. The first-order valence-electron chi connectivity index (χ1n) is 7.52. The number of aldehydes is 1. The number of methoxy groups -OCH3 is 1. The van der Waals surface area contributed by atoms with E-state index in [0.717, 1.165) is 31.3 Å². The molecule has 0 N–H and O–H groups in total. The third-order valence-electron chi connectivity index (χ3n) is 3.69. The summed E-state index contributed by atoms with van der Waals surface area (Å²) in [5, 5.41) is 8.33. The van der Waals surface area contributed by atoms with E-state index in [-0.39, 0.29) is 6.10 Å². The Labute approximate surface area is 134 Å². The van der Waals surface area contributed by atoms with Gasteiger partial charge in [0.2, 0.25) is 0 Å². The Kier molecular flexibility index (Phi) is 4.83. The van der Waals surface area contributed by atoms with Gasteiger partial charge >= 0.3 is 0 Å². The minimum atomic E-state index is -0.0234. The zero-order valence-corrected chi connectivity index (χ0v) is 12.9. The minimum Gasteiger partial charge on any atom is -0.491 e. The molecule has 2 aromatic rings. The van der Waals surface area contributed by atoms with Crippen LogP contribution in [0.25, 0.3) is 11.3 Å². The molecule has 0 aliphatic carbocycles. The van der Waals surface area contributed by atoms with Crippen LogP contribution in [0, 0.1) is 0 Å². The smallest absolute Gasteiger partial charge is 0.276 e. The second-order valence-corrected chi connectivity index (χ2v) is 5.30. The summed E-state index contributed by atoms with van der Waals surface area (Å²) in [6, 6.07) is 8.90. The number of hydrogen-bond donors (Lipinski definition) is 0. The number of hydrogen-bond acceptors (Lipinski definition) is 6. The highest BCUT2D eigenvalue weighted by atomic mass is 16.6. The highest BCUT2D eigenvalue weighted by Gasteiger charge is 2.19. The molecule has 0 saturated carbocycles. The van der Waals surface area contributed by atoms with Crippen molar-refractivity contribution in [3.63, 3.8) is 0 Å². The molecule has 1 aromatic carbocycles. The summed E-state index contributed by atoms with van der Waals surface area (Å²) in [5.41, 5.74) is 2.13. The van der Waals surface area contributed by atoms with Gasteiger partial charge in [0.25, 0.3) is 5.88 Å². The lowest BCUT2D eigenvalue weighted by Crippen LogP contribution is -2.28. The molecule has 1 atom stereocenters. The second-order valence-electron chi connectivity index (χ2n) is 5.30. The number of ether oxygens (including phenoxy) is 3. The number of rotatable bonds is 5. The standard InChI is InChI=1S/C17H18N2O4/c1-21-16-9-15(13-6-4-12(10-20)5-7-13)18-19-17(16)23-14-3-2-8-22-11-14/h4-7,9-10,14H,2-3,8,11H2,1H3/t14-/m0/s1. The van der Waals surface area contributed by atoms with Gasteiger partial charge in [-0.3, -0.25) is 4.79 Å². The Bertz CT molecular complexity index is 667. The molecule has 6 nitrogen and oxygen atoms in total. The largest absolute Gasteiger partial charge is 0.491 e. The van der Waals surface area contributed by atoms with Gasteiger partial charge in [-0.2, -0.15) is 0 Å². The average molecular weight is 314 g/mol. The maximum Gasteiger partial charge on any atom is 0.276 e. The molecule has 23 heavy (non-hydrogen) atoms. The van der Waals surface area contributed by atoms with Gasteiger partial charge in [0.15, 0.2) is 5.75 Å². The van der Waals surface area contributed by atoms with Gasteiger partial charge in [0.05, 0.1) is 19.4 Å². The molecule has 0 spiro atoms. The predicted octanol–water partition coefficient (Wildman–Crippen LogP) is 2.52.